The Morgan fingerprint density at radius 2 is 1.93 bits per heavy atom. The minimum atomic E-state index is 0.244. The summed E-state index contributed by atoms with van der Waals surface area (Å²) in [5.74, 6) is 0. The molecule has 15 heavy (non-hydrogen) atoms. The van der Waals surface area contributed by atoms with Gasteiger partial charge in [0.05, 0.1) is 0 Å². The molecule has 0 saturated carbocycles. The Morgan fingerprint density at radius 3 is 2.47 bits per heavy atom. The maximum Gasteiger partial charge on any atom is 0.0447 e. The number of hydrogen-bond acceptors (Lipinski definition) is 3. The smallest absolute Gasteiger partial charge is 0.0447 e. The Hall–Kier alpha value is -0.670. The first-order valence-corrected chi connectivity index (χ1v) is 6.22. The molecular formula is C12H19NOS. The summed E-state index contributed by atoms with van der Waals surface area (Å²) >= 11 is 1.87. The van der Waals surface area contributed by atoms with E-state index in [-0.39, 0.29) is 6.61 Å². The highest BCUT2D eigenvalue weighted by Gasteiger charge is 1.98. The van der Waals surface area contributed by atoms with Crippen molar-refractivity contribution in [2.24, 2.45) is 0 Å². The lowest BCUT2D eigenvalue weighted by Crippen LogP contribution is -2.02. The van der Waals surface area contributed by atoms with Gasteiger partial charge in [0.2, 0.25) is 0 Å². The molecule has 0 amide bonds. The summed E-state index contributed by atoms with van der Waals surface area (Å²) < 4.78 is 0. The van der Waals surface area contributed by atoms with Crippen LogP contribution in [0.5, 0.6) is 0 Å². The standard InChI is InChI=1S/C12H19NOS/c1-10(2)15-12-6-4-11(5-7-12)13-8-3-9-14/h4-7,10,13-14H,3,8-9H2,1-2H3. The molecule has 0 aliphatic heterocycles. The number of rotatable bonds is 6. The third kappa shape index (κ3) is 5.09. The summed E-state index contributed by atoms with van der Waals surface area (Å²) in [5.41, 5.74) is 1.12. The average Bonchev–Trinajstić information content (AvgIpc) is 2.20. The van der Waals surface area contributed by atoms with E-state index in [1.807, 2.05) is 11.8 Å². The Bertz CT molecular complexity index is 271. The molecule has 1 aromatic carbocycles. The maximum atomic E-state index is 8.64. The Balaban J connectivity index is 2.42. The highest BCUT2D eigenvalue weighted by atomic mass is 32.2. The first-order valence-electron chi connectivity index (χ1n) is 5.34. The van der Waals surface area contributed by atoms with Crippen molar-refractivity contribution in [1.29, 1.82) is 0 Å². The fourth-order valence-electron chi connectivity index (χ4n) is 1.24. The monoisotopic (exact) mass is 225 g/mol. The molecule has 84 valence electrons. The number of thioether (sulfide) groups is 1. The SMILES string of the molecule is CC(C)Sc1ccc(NCCCO)cc1. The van der Waals surface area contributed by atoms with Gasteiger partial charge in [-0.25, -0.2) is 0 Å². The minimum Gasteiger partial charge on any atom is -0.396 e. The van der Waals surface area contributed by atoms with Gasteiger partial charge in [-0.1, -0.05) is 13.8 Å². The molecule has 2 N–H and O–H groups in total. The van der Waals surface area contributed by atoms with Gasteiger partial charge in [-0.05, 0) is 30.7 Å². The molecule has 0 heterocycles. The highest BCUT2D eigenvalue weighted by Crippen LogP contribution is 2.23. The summed E-state index contributed by atoms with van der Waals surface area (Å²) in [6.07, 6.45) is 0.794. The maximum absolute atomic E-state index is 8.64. The summed E-state index contributed by atoms with van der Waals surface area (Å²) in [6, 6.07) is 8.43. The van der Waals surface area contributed by atoms with E-state index in [2.05, 4.69) is 43.4 Å². The average molecular weight is 225 g/mol. The van der Waals surface area contributed by atoms with Crippen molar-refractivity contribution in [2.45, 2.75) is 30.4 Å². The zero-order valence-electron chi connectivity index (χ0n) is 9.36. The van der Waals surface area contributed by atoms with Crippen LogP contribution in [0.3, 0.4) is 0 Å². The first-order chi connectivity index (χ1) is 7.22. The number of hydrogen-bond donors (Lipinski definition) is 2. The lowest BCUT2D eigenvalue weighted by molar-refractivity contribution is 0.292. The molecule has 0 radical (unpaired) electrons. The van der Waals surface area contributed by atoms with E-state index in [4.69, 9.17) is 5.11 Å². The molecule has 3 heteroatoms. The summed E-state index contributed by atoms with van der Waals surface area (Å²) in [5, 5.41) is 12.5. The van der Waals surface area contributed by atoms with E-state index in [1.165, 1.54) is 4.90 Å². The number of aliphatic hydroxyl groups excluding tert-OH is 1. The normalized spacial score (nSPS) is 10.7. The lowest BCUT2D eigenvalue weighted by Gasteiger charge is -2.07. The van der Waals surface area contributed by atoms with Crippen molar-refractivity contribution in [3.8, 4) is 0 Å². The van der Waals surface area contributed by atoms with Gasteiger partial charge in [0, 0.05) is 29.0 Å². The van der Waals surface area contributed by atoms with Crippen LogP contribution in [0.1, 0.15) is 20.3 Å². The third-order valence-electron chi connectivity index (χ3n) is 1.89. The van der Waals surface area contributed by atoms with Crippen LogP contribution < -0.4 is 5.32 Å². The Kier molecular flexibility index (Phi) is 5.58. The second kappa shape index (κ2) is 6.75. The van der Waals surface area contributed by atoms with Crippen LogP contribution in [0.25, 0.3) is 0 Å². The Morgan fingerprint density at radius 1 is 1.27 bits per heavy atom. The van der Waals surface area contributed by atoms with E-state index in [9.17, 15) is 0 Å². The fraction of sp³-hybridized carbons (Fsp3) is 0.500. The lowest BCUT2D eigenvalue weighted by atomic mass is 10.3. The van der Waals surface area contributed by atoms with Gasteiger partial charge < -0.3 is 10.4 Å². The van der Waals surface area contributed by atoms with Crippen LogP contribution in [0, 0.1) is 0 Å². The van der Waals surface area contributed by atoms with Crippen LogP contribution in [-0.2, 0) is 0 Å². The Labute approximate surface area is 96.1 Å². The van der Waals surface area contributed by atoms with Crippen LogP contribution >= 0.6 is 11.8 Å². The van der Waals surface area contributed by atoms with E-state index >= 15 is 0 Å². The van der Waals surface area contributed by atoms with Crippen LogP contribution in [-0.4, -0.2) is 23.5 Å². The summed E-state index contributed by atoms with van der Waals surface area (Å²) in [4.78, 5) is 1.30. The van der Waals surface area contributed by atoms with Gasteiger partial charge in [-0.15, -0.1) is 11.8 Å². The first kappa shape index (κ1) is 12.4. The minimum absolute atomic E-state index is 0.244. The van der Waals surface area contributed by atoms with Gasteiger partial charge in [0.15, 0.2) is 0 Å². The predicted molar refractivity (Wildman–Crippen MR) is 67.6 cm³/mol. The van der Waals surface area contributed by atoms with Crippen LogP contribution in [0.15, 0.2) is 29.2 Å². The summed E-state index contributed by atoms with van der Waals surface area (Å²) in [6.45, 7) is 5.46. The molecule has 0 fully saturated rings. The molecule has 0 bridgehead atoms. The number of aliphatic hydroxyl groups is 1. The second-order valence-electron chi connectivity index (χ2n) is 3.69. The number of benzene rings is 1. The number of nitrogens with one attached hydrogen (secondary N) is 1. The summed E-state index contributed by atoms with van der Waals surface area (Å²) in [7, 11) is 0. The fourth-order valence-corrected chi connectivity index (χ4v) is 2.07. The zero-order chi connectivity index (χ0) is 11.1. The van der Waals surface area contributed by atoms with Gasteiger partial charge >= 0.3 is 0 Å². The third-order valence-corrected chi connectivity index (χ3v) is 2.91. The molecule has 1 aromatic rings. The molecule has 1 rings (SSSR count). The van der Waals surface area contributed by atoms with Gasteiger partial charge in [-0.3, -0.25) is 0 Å². The zero-order valence-corrected chi connectivity index (χ0v) is 10.2. The van der Waals surface area contributed by atoms with Gasteiger partial charge in [0.1, 0.15) is 0 Å². The van der Waals surface area contributed by atoms with Crippen molar-refractivity contribution >= 4 is 17.4 Å². The molecule has 0 spiro atoms. The molecule has 2 nitrogen and oxygen atoms in total. The van der Waals surface area contributed by atoms with E-state index < -0.39 is 0 Å². The van der Waals surface area contributed by atoms with Gasteiger partial charge in [0.25, 0.3) is 0 Å². The quantitative estimate of drug-likeness (QED) is 0.576. The van der Waals surface area contributed by atoms with Crippen LogP contribution in [0.4, 0.5) is 5.69 Å². The molecule has 0 unspecified atom stereocenters. The topological polar surface area (TPSA) is 32.3 Å². The molecule has 0 aliphatic rings. The van der Waals surface area contributed by atoms with Crippen LogP contribution in [0.2, 0.25) is 0 Å². The molecule has 0 aliphatic carbocycles. The predicted octanol–water partition coefficient (Wildman–Crippen LogP) is 2.98. The van der Waals surface area contributed by atoms with Gasteiger partial charge in [-0.2, -0.15) is 0 Å². The van der Waals surface area contributed by atoms with E-state index in [1.54, 1.807) is 0 Å². The van der Waals surface area contributed by atoms with E-state index in [0.29, 0.717) is 5.25 Å². The van der Waals surface area contributed by atoms with Crippen molar-refractivity contribution in [3.05, 3.63) is 24.3 Å². The largest absolute Gasteiger partial charge is 0.396 e. The molecule has 0 saturated heterocycles. The second-order valence-corrected chi connectivity index (χ2v) is 5.34. The molecular weight excluding hydrogens is 206 g/mol. The number of anilines is 1. The van der Waals surface area contributed by atoms with Crippen molar-refractivity contribution in [1.82, 2.24) is 0 Å². The van der Waals surface area contributed by atoms with Crippen molar-refractivity contribution in [3.63, 3.8) is 0 Å². The van der Waals surface area contributed by atoms with Crippen molar-refractivity contribution < 1.29 is 5.11 Å². The highest BCUT2D eigenvalue weighted by molar-refractivity contribution is 7.99. The molecule has 0 atom stereocenters. The molecule has 0 aromatic heterocycles. The van der Waals surface area contributed by atoms with Crippen molar-refractivity contribution in [2.75, 3.05) is 18.5 Å². The van der Waals surface area contributed by atoms with E-state index in [0.717, 1.165) is 18.7 Å².